The number of hydrogen-bond acceptors (Lipinski definition) is 3. The summed E-state index contributed by atoms with van der Waals surface area (Å²) < 4.78 is 11.9. The number of aliphatic hydroxyl groups is 1. The topological polar surface area (TPSA) is 52.6 Å². The summed E-state index contributed by atoms with van der Waals surface area (Å²) in [6.45, 7) is 1.01. The first-order valence-electron chi connectivity index (χ1n) is 3.95. The van der Waals surface area contributed by atoms with Crippen LogP contribution in [0.2, 0.25) is 0 Å². The molecule has 2 N–H and O–H groups in total. The van der Waals surface area contributed by atoms with Crippen molar-refractivity contribution in [3.8, 4) is 0 Å². The number of halogens is 1. The van der Waals surface area contributed by atoms with E-state index in [2.05, 4.69) is 5.32 Å². The van der Waals surface area contributed by atoms with Gasteiger partial charge in [0.15, 0.2) is 0 Å². The van der Waals surface area contributed by atoms with Gasteiger partial charge in [0.05, 0.1) is 12.6 Å². The Hall–Kier alpha value is -0.680. The van der Waals surface area contributed by atoms with Crippen LogP contribution in [0.1, 0.15) is 0 Å². The molecule has 1 saturated heterocycles. The number of rotatable bonds is 3. The predicted octanol–water partition coefficient (Wildman–Crippen LogP) is -1.25. The molecule has 0 aromatic rings. The number of nitrogens with zero attached hydrogens (tertiary/aromatic N) is 1. The zero-order valence-corrected chi connectivity index (χ0v) is 6.79. The van der Waals surface area contributed by atoms with E-state index >= 15 is 0 Å². The first-order valence-corrected chi connectivity index (χ1v) is 3.95. The molecular formula is C7H13FN2O2. The van der Waals surface area contributed by atoms with Crippen molar-refractivity contribution in [2.24, 2.45) is 0 Å². The summed E-state index contributed by atoms with van der Waals surface area (Å²) in [7, 11) is 0. The molecule has 70 valence electrons. The van der Waals surface area contributed by atoms with Gasteiger partial charge in [0.2, 0.25) is 5.91 Å². The average Bonchev–Trinajstić information content (AvgIpc) is 2.04. The summed E-state index contributed by atoms with van der Waals surface area (Å²) in [6, 6.07) is 0. The molecule has 1 amide bonds. The minimum atomic E-state index is -0.962. The van der Waals surface area contributed by atoms with Crippen molar-refractivity contribution >= 4 is 5.91 Å². The Bertz CT molecular complexity index is 165. The van der Waals surface area contributed by atoms with Gasteiger partial charge in [-0.2, -0.15) is 0 Å². The van der Waals surface area contributed by atoms with Crippen molar-refractivity contribution in [1.29, 1.82) is 0 Å². The van der Waals surface area contributed by atoms with Crippen LogP contribution in [-0.4, -0.2) is 54.9 Å². The highest BCUT2D eigenvalue weighted by molar-refractivity contribution is 5.78. The van der Waals surface area contributed by atoms with Crippen LogP contribution in [0, 0.1) is 0 Å². The molecule has 0 aromatic heterocycles. The van der Waals surface area contributed by atoms with E-state index in [1.807, 2.05) is 0 Å². The first-order chi connectivity index (χ1) is 5.72. The fraction of sp³-hybridized carbons (Fsp3) is 0.857. The zero-order chi connectivity index (χ0) is 8.97. The fourth-order valence-electron chi connectivity index (χ4n) is 1.19. The summed E-state index contributed by atoms with van der Waals surface area (Å²) in [4.78, 5) is 12.6. The Kier molecular flexibility index (Phi) is 3.43. The van der Waals surface area contributed by atoms with Crippen molar-refractivity contribution in [2.45, 2.75) is 6.10 Å². The Morgan fingerprint density at radius 1 is 1.75 bits per heavy atom. The van der Waals surface area contributed by atoms with Crippen LogP contribution in [0.3, 0.4) is 0 Å². The molecule has 12 heavy (non-hydrogen) atoms. The van der Waals surface area contributed by atoms with E-state index in [9.17, 15) is 9.18 Å². The average molecular weight is 176 g/mol. The van der Waals surface area contributed by atoms with Gasteiger partial charge in [0, 0.05) is 19.6 Å². The third-order valence-electron chi connectivity index (χ3n) is 1.76. The SMILES string of the molecule is O=C1CN(CC(O)CF)CCN1. The summed E-state index contributed by atoms with van der Waals surface area (Å²) >= 11 is 0. The molecule has 0 spiro atoms. The quantitative estimate of drug-likeness (QED) is 0.565. The Morgan fingerprint density at radius 3 is 3.08 bits per heavy atom. The van der Waals surface area contributed by atoms with Crippen LogP contribution < -0.4 is 5.32 Å². The maximum Gasteiger partial charge on any atom is 0.234 e. The van der Waals surface area contributed by atoms with E-state index in [1.165, 1.54) is 0 Å². The summed E-state index contributed by atoms with van der Waals surface area (Å²) in [5.74, 6) is -0.0627. The number of carbonyl (C=O) groups excluding carboxylic acids is 1. The molecule has 1 atom stereocenters. The Labute approximate surface area is 70.4 Å². The molecular weight excluding hydrogens is 163 g/mol. The molecule has 1 fully saturated rings. The molecule has 5 heteroatoms. The molecule has 0 bridgehead atoms. The van der Waals surface area contributed by atoms with Crippen LogP contribution >= 0.6 is 0 Å². The van der Waals surface area contributed by atoms with Gasteiger partial charge in [0.25, 0.3) is 0 Å². The Balaban J connectivity index is 2.27. The molecule has 1 aliphatic rings. The fourth-order valence-corrected chi connectivity index (χ4v) is 1.19. The lowest BCUT2D eigenvalue weighted by molar-refractivity contribution is -0.124. The van der Waals surface area contributed by atoms with Gasteiger partial charge >= 0.3 is 0 Å². The van der Waals surface area contributed by atoms with Crippen molar-refractivity contribution in [2.75, 3.05) is 32.9 Å². The Morgan fingerprint density at radius 2 is 2.50 bits per heavy atom. The lowest BCUT2D eigenvalue weighted by Gasteiger charge is -2.27. The predicted molar refractivity (Wildman–Crippen MR) is 41.4 cm³/mol. The minimum Gasteiger partial charge on any atom is -0.389 e. The zero-order valence-electron chi connectivity index (χ0n) is 6.79. The van der Waals surface area contributed by atoms with Gasteiger partial charge in [-0.05, 0) is 0 Å². The second-order valence-electron chi connectivity index (χ2n) is 2.89. The van der Waals surface area contributed by atoms with Crippen LogP contribution in [0.4, 0.5) is 4.39 Å². The monoisotopic (exact) mass is 176 g/mol. The lowest BCUT2D eigenvalue weighted by Crippen LogP contribution is -2.49. The number of β-amino-alcohol motifs (C(OH)–C–C–N with tert-alkyl or cyclic N) is 1. The molecule has 0 saturated carbocycles. The van der Waals surface area contributed by atoms with E-state index in [0.29, 0.717) is 13.1 Å². The van der Waals surface area contributed by atoms with Crippen LogP contribution in [-0.2, 0) is 4.79 Å². The van der Waals surface area contributed by atoms with E-state index in [0.717, 1.165) is 0 Å². The molecule has 1 rings (SSSR count). The minimum absolute atomic E-state index is 0.0627. The molecule has 0 aliphatic carbocycles. The van der Waals surface area contributed by atoms with Crippen LogP contribution in [0.25, 0.3) is 0 Å². The number of piperazine rings is 1. The van der Waals surface area contributed by atoms with E-state index < -0.39 is 12.8 Å². The number of alkyl halides is 1. The van der Waals surface area contributed by atoms with Crippen molar-refractivity contribution < 1.29 is 14.3 Å². The molecule has 0 radical (unpaired) electrons. The number of amides is 1. The number of hydrogen-bond donors (Lipinski definition) is 2. The second kappa shape index (κ2) is 4.37. The van der Waals surface area contributed by atoms with Crippen molar-refractivity contribution in [3.63, 3.8) is 0 Å². The smallest absolute Gasteiger partial charge is 0.234 e. The highest BCUT2D eigenvalue weighted by atomic mass is 19.1. The highest BCUT2D eigenvalue weighted by Gasteiger charge is 2.18. The van der Waals surface area contributed by atoms with Gasteiger partial charge in [-0.1, -0.05) is 0 Å². The van der Waals surface area contributed by atoms with E-state index in [4.69, 9.17) is 5.11 Å². The third-order valence-corrected chi connectivity index (χ3v) is 1.76. The maximum absolute atomic E-state index is 11.9. The van der Waals surface area contributed by atoms with Gasteiger partial charge in [0.1, 0.15) is 6.67 Å². The van der Waals surface area contributed by atoms with E-state index in [1.54, 1.807) is 4.90 Å². The molecule has 1 heterocycles. The first kappa shape index (κ1) is 9.41. The van der Waals surface area contributed by atoms with Crippen LogP contribution in [0.15, 0.2) is 0 Å². The van der Waals surface area contributed by atoms with Crippen molar-refractivity contribution in [3.05, 3.63) is 0 Å². The standard InChI is InChI=1S/C7H13FN2O2/c8-3-6(11)4-10-2-1-9-7(12)5-10/h6,11H,1-5H2,(H,9,12). The summed E-state index contributed by atoms with van der Waals surface area (Å²) in [6.07, 6.45) is -0.962. The molecule has 4 nitrogen and oxygen atoms in total. The third kappa shape index (κ3) is 2.75. The number of carbonyl (C=O) groups is 1. The molecule has 1 unspecified atom stereocenters. The van der Waals surface area contributed by atoms with E-state index in [-0.39, 0.29) is 19.0 Å². The largest absolute Gasteiger partial charge is 0.389 e. The van der Waals surface area contributed by atoms with Gasteiger partial charge in [-0.3, -0.25) is 9.69 Å². The summed E-state index contributed by atoms with van der Waals surface area (Å²) in [5, 5.41) is 11.6. The van der Waals surface area contributed by atoms with Gasteiger partial charge in [-0.15, -0.1) is 0 Å². The number of aliphatic hydroxyl groups excluding tert-OH is 1. The second-order valence-corrected chi connectivity index (χ2v) is 2.89. The molecule has 0 aromatic carbocycles. The number of nitrogens with one attached hydrogen (secondary N) is 1. The highest BCUT2D eigenvalue weighted by Crippen LogP contribution is 1.96. The van der Waals surface area contributed by atoms with Gasteiger partial charge < -0.3 is 10.4 Å². The van der Waals surface area contributed by atoms with Crippen LogP contribution in [0.5, 0.6) is 0 Å². The maximum atomic E-state index is 11.9. The van der Waals surface area contributed by atoms with Crippen molar-refractivity contribution in [1.82, 2.24) is 10.2 Å². The molecule has 1 aliphatic heterocycles. The normalized spacial score (nSPS) is 22.0. The van der Waals surface area contributed by atoms with Gasteiger partial charge in [-0.25, -0.2) is 4.39 Å². The summed E-state index contributed by atoms with van der Waals surface area (Å²) in [5.41, 5.74) is 0. The lowest BCUT2D eigenvalue weighted by atomic mass is 10.3.